The van der Waals surface area contributed by atoms with Crippen molar-refractivity contribution < 1.29 is 24.9 Å². The van der Waals surface area contributed by atoms with Gasteiger partial charge in [0.25, 0.3) is 0 Å². The predicted octanol–water partition coefficient (Wildman–Crippen LogP) is -0.392. The van der Waals surface area contributed by atoms with Crippen LogP contribution in [-0.2, 0) is 9.53 Å². The number of hydrogen-bond donors (Lipinski definition) is 3. The van der Waals surface area contributed by atoms with E-state index in [-0.39, 0.29) is 0 Å². The summed E-state index contributed by atoms with van der Waals surface area (Å²) in [5.74, 6) is -3.36. The van der Waals surface area contributed by atoms with Crippen molar-refractivity contribution in [2.75, 3.05) is 0 Å². The summed E-state index contributed by atoms with van der Waals surface area (Å²) in [6.45, 7) is 3.01. The van der Waals surface area contributed by atoms with Crippen molar-refractivity contribution in [2.24, 2.45) is 10.5 Å². The van der Waals surface area contributed by atoms with Crippen LogP contribution in [0.15, 0.2) is 5.11 Å². The van der Waals surface area contributed by atoms with E-state index in [1.165, 1.54) is 13.8 Å². The summed E-state index contributed by atoms with van der Waals surface area (Å²) in [7, 11) is 0. The lowest BCUT2D eigenvalue weighted by molar-refractivity contribution is -0.186. The Morgan fingerprint density at radius 1 is 1.50 bits per heavy atom. The Bertz CT molecular complexity index is 418. The van der Waals surface area contributed by atoms with E-state index in [9.17, 15) is 15.0 Å². The molecule has 16 heavy (non-hydrogen) atoms. The van der Waals surface area contributed by atoms with Crippen molar-refractivity contribution in [3.63, 3.8) is 0 Å². The molecule has 0 aromatic heterocycles. The number of hydrogen-bond acceptors (Lipinski definition) is 5. The minimum atomic E-state index is -1.97. The monoisotopic (exact) mass is 229 g/mol. The van der Waals surface area contributed by atoms with E-state index in [1.54, 1.807) is 0 Å². The first kappa shape index (κ1) is 11.2. The fraction of sp³-hybridized carbons (Fsp3) is 0.875. The minimum Gasteiger partial charge on any atom is -0.479 e. The van der Waals surface area contributed by atoms with Gasteiger partial charge in [0, 0.05) is 4.91 Å². The third kappa shape index (κ3) is 0.826. The molecule has 8 nitrogen and oxygen atoms in total. The maximum absolute atomic E-state index is 10.8. The number of fused-ring (bicyclic) bond motifs is 1. The molecule has 8 heteroatoms. The number of carboxylic acids is 1. The van der Waals surface area contributed by atoms with Gasteiger partial charge in [0.05, 0.1) is 5.41 Å². The van der Waals surface area contributed by atoms with Gasteiger partial charge >= 0.3 is 5.97 Å². The second-order valence-electron chi connectivity index (χ2n) is 4.56. The van der Waals surface area contributed by atoms with Crippen LogP contribution in [-0.4, -0.2) is 44.8 Å². The summed E-state index contributed by atoms with van der Waals surface area (Å²) in [6, 6.07) is -1.34. The maximum Gasteiger partial charge on any atom is 0.333 e. The third-order valence-corrected chi connectivity index (χ3v) is 3.69. The van der Waals surface area contributed by atoms with Crippen LogP contribution in [0.5, 0.6) is 0 Å². The van der Waals surface area contributed by atoms with Gasteiger partial charge in [0.15, 0.2) is 6.10 Å². The van der Waals surface area contributed by atoms with E-state index in [0.717, 1.165) is 0 Å². The number of ether oxygens (including phenoxy) is 1. The summed E-state index contributed by atoms with van der Waals surface area (Å²) in [5, 5.41) is 32.2. The fourth-order valence-corrected chi connectivity index (χ4v) is 2.48. The lowest BCUT2D eigenvalue weighted by atomic mass is 9.96. The average Bonchev–Trinajstić information content (AvgIpc) is 2.43. The van der Waals surface area contributed by atoms with Crippen molar-refractivity contribution >= 4 is 5.97 Å². The first-order valence-electron chi connectivity index (χ1n) is 4.63. The summed E-state index contributed by atoms with van der Waals surface area (Å²) < 4.78 is 4.91. The lowest BCUT2D eigenvalue weighted by Gasteiger charge is -2.22. The van der Waals surface area contributed by atoms with Gasteiger partial charge in [-0.15, -0.1) is 0 Å². The van der Waals surface area contributed by atoms with Crippen LogP contribution in [0.3, 0.4) is 0 Å². The molecular formula is C8H11N3O5. The molecular weight excluding hydrogens is 218 g/mol. The lowest BCUT2D eigenvalue weighted by Crippen LogP contribution is -2.42. The fourth-order valence-electron chi connectivity index (χ4n) is 2.48. The summed E-state index contributed by atoms with van der Waals surface area (Å²) >= 11 is 0. The molecule has 1 aliphatic carbocycles. The number of carboxylic acid groups (broad SMARTS) is 1. The number of aliphatic hydroxyl groups is 2. The van der Waals surface area contributed by atoms with Gasteiger partial charge in [-0.2, -0.15) is 0 Å². The predicted molar refractivity (Wildman–Crippen MR) is 49.1 cm³/mol. The van der Waals surface area contributed by atoms with E-state index >= 15 is 0 Å². The van der Waals surface area contributed by atoms with E-state index in [0.29, 0.717) is 0 Å². The maximum atomic E-state index is 10.8. The number of azide groups is 1. The number of aliphatic carboxylic acids is 1. The van der Waals surface area contributed by atoms with Gasteiger partial charge in [0.2, 0.25) is 5.79 Å². The van der Waals surface area contributed by atoms with Crippen LogP contribution in [0.4, 0.5) is 0 Å². The van der Waals surface area contributed by atoms with Crippen molar-refractivity contribution in [2.45, 2.75) is 37.4 Å². The Morgan fingerprint density at radius 3 is 2.50 bits per heavy atom. The van der Waals surface area contributed by atoms with Gasteiger partial charge in [0.1, 0.15) is 11.6 Å². The van der Waals surface area contributed by atoms with Crippen LogP contribution in [0.1, 0.15) is 13.8 Å². The molecule has 2 aliphatic rings. The molecule has 1 saturated carbocycles. The molecule has 0 amide bonds. The quantitative estimate of drug-likeness (QED) is 0.336. The van der Waals surface area contributed by atoms with E-state index in [2.05, 4.69) is 10.0 Å². The second kappa shape index (κ2) is 2.67. The van der Waals surface area contributed by atoms with Gasteiger partial charge in [-0.1, -0.05) is 19.0 Å². The molecule has 1 heterocycles. The zero-order chi connectivity index (χ0) is 12.4. The van der Waals surface area contributed by atoms with Crippen LogP contribution in [0.2, 0.25) is 0 Å². The molecule has 0 aromatic rings. The largest absolute Gasteiger partial charge is 0.479 e. The van der Waals surface area contributed by atoms with Crippen molar-refractivity contribution in [3.8, 4) is 0 Å². The van der Waals surface area contributed by atoms with Crippen molar-refractivity contribution in [1.82, 2.24) is 0 Å². The van der Waals surface area contributed by atoms with Crippen molar-refractivity contribution in [1.29, 1.82) is 0 Å². The standard InChI is InChI=1S/C8H11N3O5/c1-6(2)7(14)4(10-11-9)3(5(12)13)16-8(6,7)15/h3-4,14-15H,1-2H3,(H,12,13)/t3-,4+,7-,8-/m0/s1. The van der Waals surface area contributed by atoms with Crippen LogP contribution < -0.4 is 0 Å². The molecule has 3 N–H and O–H groups in total. The molecule has 1 aliphatic heterocycles. The SMILES string of the molecule is CC1(C)[C@]2(O)O[C@H](C(=O)O)[C@@H](N=[N+]=[N-])[C@]12O. The Hall–Kier alpha value is -1.34. The highest BCUT2D eigenvalue weighted by Crippen LogP contribution is 2.72. The first-order chi connectivity index (χ1) is 7.24. The minimum absolute atomic E-state index is 1.06. The van der Waals surface area contributed by atoms with Crippen LogP contribution in [0.25, 0.3) is 10.4 Å². The molecule has 0 bridgehead atoms. The third-order valence-electron chi connectivity index (χ3n) is 3.69. The molecule has 0 radical (unpaired) electrons. The number of nitrogens with zero attached hydrogens (tertiary/aromatic N) is 3. The molecule has 0 aromatic carbocycles. The normalized spacial score (nSPS) is 48.0. The van der Waals surface area contributed by atoms with Gasteiger partial charge in [-0.25, -0.2) is 4.79 Å². The van der Waals surface area contributed by atoms with Gasteiger partial charge in [-0.3, -0.25) is 0 Å². The molecule has 2 fully saturated rings. The average molecular weight is 229 g/mol. The highest BCUT2D eigenvalue weighted by molar-refractivity contribution is 5.75. The Labute approximate surface area is 90.1 Å². The summed E-state index contributed by atoms with van der Waals surface area (Å²) in [6.07, 6.45) is -1.53. The summed E-state index contributed by atoms with van der Waals surface area (Å²) in [5.41, 5.74) is 5.43. The molecule has 0 spiro atoms. The Kier molecular flexibility index (Phi) is 1.86. The molecule has 0 unspecified atom stereocenters. The van der Waals surface area contributed by atoms with E-state index in [1.807, 2.05) is 0 Å². The molecule has 2 rings (SSSR count). The van der Waals surface area contributed by atoms with Crippen LogP contribution >= 0.6 is 0 Å². The smallest absolute Gasteiger partial charge is 0.333 e. The number of rotatable bonds is 2. The molecule has 4 atom stereocenters. The first-order valence-corrected chi connectivity index (χ1v) is 4.63. The Balaban J connectivity index is 2.45. The highest BCUT2D eigenvalue weighted by atomic mass is 16.7. The topological polar surface area (TPSA) is 136 Å². The van der Waals surface area contributed by atoms with Crippen LogP contribution in [0, 0.1) is 5.41 Å². The van der Waals surface area contributed by atoms with E-state index < -0.39 is 34.9 Å². The second-order valence-corrected chi connectivity index (χ2v) is 4.56. The Morgan fingerprint density at radius 2 is 2.06 bits per heavy atom. The highest BCUT2D eigenvalue weighted by Gasteiger charge is 2.92. The summed E-state index contributed by atoms with van der Waals surface area (Å²) in [4.78, 5) is 13.3. The van der Waals surface area contributed by atoms with Gasteiger partial charge < -0.3 is 20.1 Å². The van der Waals surface area contributed by atoms with E-state index in [4.69, 9.17) is 15.4 Å². The number of carbonyl (C=O) groups is 1. The zero-order valence-corrected chi connectivity index (χ0v) is 8.65. The van der Waals surface area contributed by atoms with Gasteiger partial charge in [-0.05, 0) is 5.53 Å². The van der Waals surface area contributed by atoms with Crippen molar-refractivity contribution in [3.05, 3.63) is 10.4 Å². The molecule has 1 saturated heterocycles. The molecule has 88 valence electrons. The zero-order valence-electron chi connectivity index (χ0n) is 8.65.